The lowest BCUT2D eigenvalue weighted by Crippen LogP contribution is -2.56. The molecule has 1 aromatic heterocycles. The maximum absolute atomic E-state index is 13.6. The summed E-state index contributed by atoms with van der Waals surface area (Å²) in [6.07, 6.45) is 9.37. The average Bonchev–Trinajstić information content (AvgIpc) is 4.06. The number of benzene rings is 2. The molecule has 3 aromatic rings. The Morgan fingerprint density at radius 3 is 1.93 bits per heavy atom. The van der Waals surface area contributed by atoms with Gasteiger partial charge in [0.2, 0.25) is 17.6 Å². The molecule has 21 nitrogen and oxygen atoms in total. The van der Waals surface area contributed by atoms with E-state index in [0.29, 0.717) is 134 Å². The van der Waals surface area contributed by atoms with E-state index in [0.717, 1.165) is 49.4 Å². The molecule has 2 aliphatic heterocycles. The molecule has 1 aliphatic carbocycles. The maximum Gasteiger partial charge on any atom is 0.313 e. The minimum atomic E-state index is -1.31. The monoisotopic (exact) mass is 1150 g/mol. The summed E-state index contributed by atoms with van der Waals surface area (Å²) < 4.78 is 91.1. The summed E-state index contributed by atoms with van der Waals surface area (Å²) in [5, 5.41) is 13.8. The van der Waals surface area contributed by atoms with E-state index >= 15 is 0 Å². The predicted molar refractivity (Wildman–Crippen MR) is 293 cm³/mol. The molecule has 24 heteroatoms. The van der Waals surface area contributed by atoms with Crippen LogP contribution >= 0.6 is 0 Å². The van der Waals surface area contributed by atoms with Crippen LogP contribution in [0, 0.1) is 30.3 Å². The number of hydrogen-bond acceptors (Lipinski definition) is 18. The number of hydrogen-bond donors (Lipinski definition) is 3. The molecule has 0 bridgehead atoms. The zero-order valence-corrected chi connectivity index (χ0v) is 47.5. The van der Waals surface area contributed by atoms with Crippen molar-refractivity contribution in [1.82, 2.24) is 34.9 Å². The lowest BCUT2D eigenvalue weighted by atomic mass is 9.84. The highest BCUT2D eigenvalue weighted by molar-refractivity contribution is 5.84. The predicted octanol–water partition coefficient (Wildman–Crippen LogP) is 5.28. The summed E-state index contributed by atoms with van der Waals surface area (Å²) in [5.74, 6) is 2.75. The Kier molecular flexibility index (Phi) is 28.6. The summed E-state index contributed by atoms with van der Waals surface area (Å²) in [6.45, 7) is 13.4. The van der Waals surface area contributed by atoms with Gasteiger partial charge in [-0.2, -0.15) is 0 Å². The molecular formula is C57H86F3N9O12. The number of aryl methyl sites for hydroxylation is 1. The van der Waals surface area contributed by atoms with E-state index in [4.69, 9.17) is 49.5 Å². The summed E-state index contributed by atoms with van der Waals surface area (Å²) in [4.78, 5) is 42.7. The fraction of sp³-hybridized carbons (Fsp3) is 0.667. The number of halogens is 3. The number of ether oxygens (including phenoxy) is 9. The third-order valence-corrected chi connectivity index (χ3v) is 14.6. The number of aromatic nitrogens is 3. The summed E-state index contributed by atoms with van der Waals surface area (Å²) in [5.41, 5.74) is 7.55. The van der Waals surface area contributed by atoms with Gasteiger partial charge in [0.05, 0.1) is 143 Å². The number of carbonyl (C=O) groups is 3. The van der Waals surface area contributed by atoms with Crippen LogP contribution in [-0.4, -0.2) is 191 Å². The second-order valence-corrected chi connectivity index (χ2v) is 20.7. The van der Waals surface area contributed by atoms with Crippen LogP contribution in [0.25, 0.3) is 0 Å². The first-order valence-corrected chi connectivity index (χ1v) is 28.5. The van der Waals surface area contributed by atoms with Gasteiger partial charge in [0, 0.05) is 62.0 Å². The summed E-state index contributed by atoms with van der Waals surface area (Å²) in [7, 11) is 0. The van der Waals surface area contributed by atoms with E-state index in [1.807, 2.05) is 18.2 Å². The molecule has 0 radical (unpaired) electrons. The van der Waals surface area contributed by atoms with Crippen molar-refractivity contribution >= 4 is 17.8 Å². The smallest absolute Gasteiger partial charge is 0.313 e. The molecule has 3 fully saturated rings. The molecule has 2 amide bonds. The molecule has 4 atom stereocenters. The van der Waals surface area contributed by atoms with Crippen molar-refractivity contribution in [3.63, 3.8) is 0 Å². The van der Waals surface area contributed by atoms with Crippen LogP contribution in [0.15, 0.2) is 54.4 Å². The molecule has 452 valence electrons. The molecule has 0 spiro atoms. The van der Waals surface area contributed by atoms with Gasteiger partial charge in [0.1, 0.15) is 17.5 Å². The minimum absolute atomic E-state index is 0.0131. The van der Waals surface area contributed by atoms with Crippen LogP contribution in [0.2, 0.25) is 0 Å². The van der Waals surface area contributed by atoms with E-state index in [2.05, 4.69) is 62.6 Å². The van der Waals surface area contributed by atoms with Crippen molar-refractivity contribution in [2.75, 3.05) is 132 Å². The van der Waals surface area contributed by atoms with Gasteiger partial charge < -0.3 is 68.2 Å². The van der Waals surface area contributed by atoms with Crippen molar-refractivity contribution in [1.29, 1.82) is 0 Å². The molecule has 6 rings (SSSR count). The Hall–Kier alpha value is -5.28. The molecule has 81 heavy (non-hydrogen) atoms. The van der Waals surface area contributed by atoms with Crippen molar-refractivity contribution in [3.05, 3.63) is 89.0 Å². The Balaban J connectivity index is 0.697. The van der Waals surface area contributed by atoms with Gasteiger partial charge in [-0.1, -0.05) is 36.8 Å². The summed E-state index contributed by atoms with van der Waals surface area (Å²) >= 11 is 0. The van der Waals surface area contributed by atoms with Gasteiger partial charge in [-0.05, 0) is 64.9 Å². The Labute approximate surface area is 474 Å². The molecule has 1 saturated carbocycles. The number of likely N-dealkylation sites (tertiary alicyclic amines) is 2. The molecule has 4 unspecified atom stereocenters. The van der Waals surface area contributed by atoms with Crippen LogP contribution in [0.1, 0.15) is 107 Å². The lowest BCUT2D eigenvalue weighted by Gasteiger charge is -2.39. The first-order valence-electron chi connectivity index (χ1n) is 28.5. The molecule has 2 saturated heterocycles. The first kappa shape index (κ1) is 64.9. The number of hydrazine groups is 1. The highest BCUT2D eigenvalue weighted by atomic mass is 19.1. The number of rotatable bonds is 41. The minimum Gasteiger partial charge on any atom is -0.420 e. The molecule has 5 N–H and O–H groups in total. The number of esters is 1. The van der Waals surface area contributed by atoms with E-state index in [1.54, 1.807) is 11.1 Å². The van der Waals surface area contributed by atoms with E-state index in [-0.39, 0.29) is 69.7 Å². The second kappa shape index (κ2) is 35.7. The lowest BCUT2D eigenvalue weighted by molar-refractivity contribution is -0.144. The van der Waals surface area contributed by atoms with E-state index < -0.39 is 29.2 Å². The van der Waals surface area contributed by atoms with Crippen LogP contribution in [0.5, 0.6) is 5.75 Å². The van der Waals surface area contributed by atoms with Crippen molar-refractivity contribution in [2.45, 2.75) is 109 Å². The second-order valence-electron chi connectivity index (χ2n) is 20.7. The Bertz CT molecular complexity index is 2340. The standard InChI is InChI=1S/C57H86F3N9O12/c1-41-12-13-49(34-42(2)69-43(3)64-65-56(69)45-10-7-11-45)68(41)17-14-52(44-8-5-4-6-9-44)63-57(72)46-37-66(38-46)53(70)15-19-73-22-25-76-30-31-79-32-33-80-40-48(61)39-67(62)18-21-75-24-27-78-29-28-77-26-23-74-20-16-54(71)81-55-50(59)35-47(58)36-51(55)60/h4-6,8-9,35-36,39,41-42,45-46,49,52H,7,10-34,37-38,40,61-62H2,1-3H3,(H,63,72)/b48-39-. The fourth-order valence-corrected chi connectivity index (χ4v) is 9.94. The highest BCUT2D eigenvalue weighted by Gasteiger charge is 2.38. The topological polar surface area (TPSA) is 239 Å². The van der Waals surface area contributed by atoms with Gasteiger partial charge >= 0.3 is 5.97 Å². The maximum atomic E-state index is 13.6. The summed E-state index contributed by atoms with van der Waals surface area (Å²) in [6, 6.07) is 12.2. The molecule has 2 aromatic carbocycles. The normalized spacial score (nSPS) is 17.7. The number of nitrogens with one attached hydrogen (secondary N) is 1. The average molecular weight is 1150 g/mol. The number of amides is 2. The highest BCUT2D eigenvalue weighted by Crippen LogP contribution is 2.38. The Morgan fingerprint density at radius 1 is 0.765 bits per heavy atom. The van der Waals surface area contributed by atoms with Gasteiger partial charge in [0.15, 0.2) is 11.6 Å². The van der Waals surface area contributed by atoms with Crippen molar-refractivity contribution in [3.8, 4) is 5.75 Å². The first-order chi connectivity index (χ1) is 39.3. The van der Waals surface area contributed by atoms with Crippen LogP contribution in [0.3, 0.4) is 0 Å². The number of carbonyl (C=O) groups excluding carboxylic acids is 3. The molecule has 3 heterocycles. The zero-order valence-electron chi connectivity index (χ0n) is 47.5. The van der Waals surface area contributed by atoms with Crippen LogP contribution < -0.4 is 21.6 Å². The fourth-order valence-electron chi connectivity index (χ4n) is 9.94. The van der Waals surface area contributed by atoms with Gasteiger partial charge in [-0.25, -0.2) is 19.0 Å². The third kappa shape index (κ3) is 22.4. The van der Waals surface area contributed by atoms with Crippen molar-refractivity contribution < 1.29 is 70.2 Å². The number of nitrogens with two attached hydrogens (primary N) is 2. The molecule has 3 aliphatic rings. The zero-order chi connectivity index (χ0) is 57.8. The molecular weight excluding hydrogens is 1060 g/mol. The van der Waals surface area contributed by atoms with Gasteiger partial charge in [-0.3, -0.25) is 19.3 Å². The SMILES string of the molecule is Cc1nnc(C2CCC2)n1C(C)CC1CCC(C)N1CCC(NC(=O)C1CN(C(=O)CCOCCOCCOCCOC/C(N)=C/N(N)CCOCCOCCOCCOCCC(=O)Oc2c(F)cc(F)cc2F)C1)c1ccccc1. The van der Waals surface area contributed by atoms with Crippen LogP contribution in [0.4, 0.5) is 13.2 Å². The van der Waals surface area contributed by atoms with Gasteiger partial charge in [-0.15, -0.1) is 10.2 Å². The van der Waals surface area contributed by atoms with Crippen LogP contribution in [-0.2, 0) is 52.3 Å². The number of nitrogens with zero attached hydrogens (tertiary/aromatic N) is 6. The quantitative estimate of drug-likeness (QED) is 0.0215. The third-order valence-electron chi connectivity index (χ3n) is 14.6. The Morgan fingerprint density at radius 2 is 1.33 bits per heavy atom. The largest absolute Gasteiger partial charge is 0.420 e. The van der Waals surface area contributed by atoms with E-state index in [9.17, 15) is 27.6 Å². The van der Waals surface area contributed by atoms with E-state index in [1.165, 1.54) is 24.3 Å². The van der Waals surface area contributed by atoms with Crippen molar-refractivity contribution in [2.24, 2.45) is 17.5 Å². The van der Waals surface area contributed by atoms with Gasteiger partial charge in [0.25, 0.3) is 0 Å².